The molecular weight excluding hydrogens is 372 g/mol. The third-order valence-electron chi connectivity index (χ3n) is 3.86. The summed E-state index contributed by atoms with van der Waals surface area (Å²) in [6.45, 7) is 2.23. The molecule has 0 radical (unpaired) electrons. The highest BCUT2D eigenvalue weighted by atomic mass is 79.9. The number of carbonyl (C=O) groups excluding carboxylic acids is 1. The van der Waals surface area contributed by atoms with Crippen LogP contribution in [0.1, 0.15) is 15.9 Å². The summed E-state index contributed by atoms with van der Waals surface area (Å²) in [4.78, 5) is 22.6. The molecule has 0 amide bonds. The number of nitro groups is 1. The number of hydrogen-bond donors (Lipinski definition) is 0. The number of nitrogens with zero attached hydrogens (tertiary/aromatic N) is 2. The van der Waals surface area contributed by atoms with Crippen LogP contribution in [-0.2, 0) is 6.54 Å². The van der Waals surface area contributed by atoms with Crippen LogP contribution in [0.3, 0.4) is 0 Å². The van der Waals surface area contributed by atoms with Gasteiger partial charge in [-0.1, -0.05) is 12.1 Å². The molecule has 3 aromatic rings. The van der Waals surface area contributed by atoms with Crippen LogP contribution in [0.15, 0.2) is 60.8 Å². The summed E-state index contributed by atoms with van der Waals surface area (Å²) < 4.78 is 1.89. The summed E-state index contributed by atoms with van der Waals surface area (Å²) >= 11 is 0. The van der Waals surface area contributed by atoms with Crippen molar-refractivity contribution in [2.45, 2.75) is 13.5 Å². The minimum atomic E-state index is -0.476. The van der Waals surface area contributed by atoms with Crippen molar-refractivity contribution < 1.29 is 31.3 Å². The molecule has 0 atom stereocenters. The van der Waals surface area contributed by atoms with E-state index in [1.54, 1.807) is 0 Å². The van der Waals surface area contributed by atoms with Gasteiger partial charge in [-0.15, -0.1) is 0 Å². The molecule has 1 heterocycles. The highest BCUT2D eigenvalue weighted by Crippen LogP contribution is 2.15. The van der Waals surface area contributed by atoms with Crippen LogP contribution in [0, 0.1) is 17.0 Å². The number of nitro benzene ring substituents is 1. The number of para-hydroxylation sites is 1. The number of benzene rings is 2. The van der Waals surface area contributed by atoms with E-state index < -0.39 is 4.92 Å². The van der Waals surface area contributed by atoms with Gasteiger partial charge in [0.05, 0.1) is 4.92 Å². The molecule has 0 saturated heterocycles. The molecule has 1 aromatic heterocycles. The van der Waals surface area contributed by atoms with Crippen LogP contribution >= 0.6 is 0 Å². The summed E-state index contributed by atoms with van der Waals surface area (Å²) in [7, 11) is 0. The molecule has 0 spiro atoms. The Balaban J connectivity index is 0.00000208. The molecule has 0 saturated carbocycles. The SMILES string of the molecule is Cc1cc[n+](CC(=O)c2ccc([N+](=O)[O-])cc2)c2ccccc12.[Br-]. The zero-order valence-corrected chi connectivity index (χ0v) is 14.6. The monoisotopic (exact) mass is 386 g/mol. The van der Waals surface area contributed by atoms with E-state index in [9.17, 15) is 14.9 Å². The van der Waals surface area contributed by atoms with Crippen LogP contribution in [0.25, 0.3) is 10.9 Å². The minimum absolute atomic E-state index is 0. The number of carbonyl (C=O) groups is 1. The first-order chi connectivity index (χ1) is 11.1. The number of hydrogen-bond acceptors (Lipinski definition) is 3. The molecule has 122 valence electrons. The van der Waals surface area contributed by atoms with Gasteiger partial charge in [-0.3, -0.25) is 14.9 Å². The Hall–Kier alpha value is -2.60. The summed E-state index contributed by atoms with van der Waals surface area (Å²) in [5.41, 5.74) is 2.59. The number of non-ortho nitro benzene ring substituents is 1. The van der Waals surface area contributed by atoms with E-state index in [0.717, 1.165) is 16.5 Å². The quantitative estimate of drug-likeness (QED) is 0.279. The highest BCUT2D eigenvalue weighted by Gasteiger charge is 2.17. The second-order valence-corrected chi connectivity index (χ2v) is 5.37. The first kappa shape index (κ1) is 17.7. The number of Topliss-reactive ketones (excluding diaryl/α,β-unsaturated/α-hetero) is 1. The molecule has 5 nitrogen and oxygen atoms in total. The van der Waals surface area contributed by atoms with Gasteiger partial charge >= 0.3 is 0 Å². The Morgan fingerprint density at radius 2 is 1.75 bits per heavy atom. The average Bonchev–Trinajstić information content (AvgIpc) is 2.57. The number of aromatic nitrogens is 1. The molecule has 6 heteroatoms. The Labute approximate surface area is 149 Å². The van der Waals surface area contributed by atoms with Crippen molar-refractivity contribution in [3.05, 3.63) is 82.0 Å². The van der Waals surface area contributed by atoms with Gasteiger partial charge in [-0.2, -0.15) is 4.57 Å². The molecule has 0 aliphatic carbocycles. The molecule has 0 bridgehead atoms. The van der Waals surface area contributed by atoms with Crippen LogP contribution in [-0.4, -0.2) is 10.7 Å². The normalized spacial score (nSPS) is 10.2. The second kappa shape index (κ2) is 7.31. The lowest BCUT2D eigenvalue weighted by molar-refractivity contribution is -0.657. The molecular formula is C18H15BrN2O3. The summed E-state index contributed by atoms with van der Waals surface area (Å²) in [6.07, 6.45) is 1.89. The average molecular weight is 387 g/mol. The number of ketones is 1. The van der Waals surface area contributed by atoms with E-state index in [1.807, 2.05) is 48.0 Å². The van der Waals surface area contributed by atoms with Crippen molar-refractivity contribution in [3.8, 4) is 0 Å². The molecule has 24 heavy (non-hydrogen) atoms. The number of fused-ring (bicyclic) bond motifs is 1. The largest absolute Gasteiger partial charge is 1.00 e. The van der Waals surface area contributed by atoms with Gasteiger partial charge in [-0.05, 0) is 30.7 Å². The van der Waals surface area contributed by atoms with Gasteiger partial charge < -0.3 is 17.0 Å². The molecule has 0 aliphatic rings. The van der Waals surface area contributed by atoms with Crippen molar-refractivity contribution >= 4 is 22.4 Å². The molecule has 3 rings (SSSR count). The van der Waals surface area contributed by atoms with Gasteiger partial charge in [0.15, 0.2) is 6.20 Å². The predicted octanol–water partition coefficient (Wildman–Crippen LogP) is 0.231. The maximum Gasteiger partial charge on any atom is 0.269 e. The zero-order valence-electron chi connectivity index (χ0n) is 13.0. The number of pyridine rings is 1. The number of rotatable bonds is 4. The Kier molecular flexibility index (Phi) is 5.41. The van der Waals surface area contributed by atoms with E-state index in [1.165, 1.54) is 24.3 Å². The molecule has 0 unspecified atom stereocenters. The van der Waals surface area contributed by atoms with E-state index in [0.29, 0.717) is 5.56 Å². The fraction of sp³-hybridized carbons (Fsp3) is 0.111. The lowest BCUT2D eigenvalue weighted by Crippen LogP contribution is -3.00. The van der Waals surface area contributed by atoms with Gasteiger partial charge in [0, 0.05) is 35.2 Å². The van der Waals surface area contributed by atoms with Gasteiger partial charge in [-0.25, -0.2) is 0 Å². The maximum absolute atomic E-state index is 12.4. The number of aryl methyl sites for hydroxylation is 1. The van der Waals surface area contributed by atoms with Gasteiger partial charge in [0.25, 0.3) is 5.69 Å². The van der Waals surface area contributed by atoms with Crippen LogP contribution in [0.5, 0.6) is 0 Å². The lowest BCUT2D eigenvalue weighted by atomic mass is 10.1. The molecule has 0 fully saturated rings. The van der Waals surface area contributed by atoms with Crippen molar-refractivity contribution in [3.63, 3.8) is 0 Å². The predicted molar refractivity (Wildman–Crippen MR) is 86.3 cm³/mol. The molecule has 0 aliphatic heterocycles. The first-order valence-electron chi connectivity index (χ1n) is 7.22. The van der Waals surface area contributed by atoms with Crippen LogP contribution in [0.4, 0.5) is 5.69 Å². The van der Waals surface area contributed by atoms with Crippen molar-refractivity contribution in [1.82, 2.24) is 0 Å². The lowest BCUT2D eigenvalue weighted by Gasteiger charge is -2.03. The fourth-order valence-electron chi connectivity index (χ4n) is 2.58. The fourth-order valence-corrected chi connectivity index (χ4v) is 2.58. The minimum Gasteiger partial charge on any atom is -1.00 e. The Morgan fingerprint density at radius 1 is 1.08 bits per heavy atom. The second-order valence-electron chi connectivity index (χ2n) is 5.37. The highest BCUT2D eigenvalue weighted by molar-refractivity contribution is 5.95. The Morgan fingerprint density at radius 3 is 2.42 bits per heavy atom. The third-order valence-corrected chi connectivity index (χ3v) is 3.86. The van der Waals surface area contributed by atoms with Gasteiger partial charge in [0.2, 0.25) is 17.8 Å². The van der Waals surface area contributed by atoms with Crippen molar-refractivity contribution in [2.24, 2.45) is 0 Å². The summed E-state index contributed by atoms with van der Waals surface area (Å²) in [5.74, 6) is -0.0843. The third kappa shape index (κ3) is 3.49. The van der Waals surface area contributed by atoms with Crippen LogP contribution in [0.2, 0.25) is 0 Å². The van der Waals surface area contributed by atoms with Crippen molar-refractivity contribution in [1.29, 1.82) is 0 Å². The standard InChI is InChI=1S/C18H15N2O3.BrH/c1-13-10-11-19(17-5-3-2-4-16(13)17)12-18(21)14-6-8-15(9-7-14)20(22)23;/h2-11H,12H2,1H3;1H/q+1;/p-1. The first-order valence-corrected chi connectivity index (χ1v) is 7.22. The van der Waals surface area contributed by atoms with Gasteiger partial charge in [0.1, 0.15) is 0 Å². The Bertz CT molecular complexity index is 908. The summed E-state index contributed by atoms with van der Waals surface area (Å²) in [6, 6.07) is 15.6. The maximum atomic E-state index is 12.4. The van der Waals surface area contributed by atoms with E-state index in [-0.39, 0.29) is 35.0 Å². The summed E-state index contributed by atoms with van der Waals surface area (Å²) in [5, 5.41) is 11.8. The van der Waals surface area contributed by atoms with E-state index in [4.69, 9.17) is 0 Å². The zero-order chi connectivity index (χ0) is 16.4. The smallest absolute Gasteiger partial charge is 0.269 e. The number of halogens is 1. The van der Waals surface area contributed by atoms with E-state index >= 15 is 0 Å². The van der Waals surface area contributed by atoms with Crippen molar-refractivity contribution in [2.75, 3.05) is 0 Å². The molecule has 0 N–H and O–H groups in total. The van der Waals surface area contributed by atoms with Crippen LogP contribution < -0.4 is 21.5 Å². The topological polar surface area (TPSA) is 64.1 Å². The molecule has 2 aromatic carbocycles. The van der Waals surface area contributed by atoms with E-state index in [2.05, 4.69) is 0 Å².